The molecule has 0 aliphatic rings. The van der Waals surface area contributed by atoms with E-state index in [-0.39, 0.29) is 0 Å². The molecule has 2 aromatic rings. The first-order valence-electron chi connectivity index (χ1n) is 6.07. The second-order valence-corrected chi connectivity index (χ2v) is 5.63. The Morgan fingerprint density at radius 1 is 1.28 bits per heavy atom. The second kappa shape index (κ2) is 6.16. The fraction of sp³-hybridized carbons (Fsp3) is 0.357. The Bertz CT molecular complexity index is 491. The number of nitrogens with zero attached hydrogens (tertiary/aromatic N) is 1. The van der Waals surface area contributed by atoms with Crippen molar-refractivity contribution in [2.45, 2.75) is 20.4 Å². The maximum Gasteiger partial charge on any atom is 0.171 e. The number of hydrogen-bond acceptors (Lipinski definition) is 3. The zero-order valence-electron chi connectivity index (χ0n) is 10.6. The van der Waals surface area contributed by atoms with Gasteiger partial charge in [-0.1, -0.05) is 47.1 Å². The lowest BCUT2D eigenvalue weighted by Crippen LogP contribution is -2.18. The molecule has 0 fully saturated rings. The predicted octanol–water partition coefficient (Wildman–Crippen LogP) is 3.85. The van der Waals surface area contributed by atoms with Gasteiger partial charge in [0, 0.05) is 22.1 Å². The van der Waals surface area contributed by atoms with Gasteiger partial charge in [-0.2, -0.15) is 0 Å². The molecule has 18 heavy (non-hydrogen) atoms. The summed E-state index contributed by atoms with van der Waals surface area (Å²) < 4.78 is 6.40. The van der Waals surface area contributed by atoms with Crippen molar-refractivity contribution in [3.63, 3.8) is 0 Å². The van der Waals surface area contributed by atoms with Gasteiger partial charge in [0.15, 0.2) is 5.76 Å². The van der Waals surface area contributed by atoms with Gasteiger partial charge >= 0.3 is 0 Å². The minimum absolute atomic E-state index is 0.640. The van der Waals surface area contributed by atoms with E-state index in [2.05, 4.69) is 40.3 Å². The summed E-state index contributed by atoms with van der Waals surface area (Å²) in [6, 6.07) is 8.06. The second-order valence-electron chi connectivity index (χ2n) is 4.71. The molecule has 1 heterocycles. The molecule has 0 aliphatic carbocycles. The van der Waals surface area contributed by atoms with E-state index in [4.69, 9.17) is 4.52 Å². The number of benzene rings is 1. The van der Waals surface area contributed by atoms with Gasteiger partial charge in [-0.25, -0.2) is 0 Å². The summed E-state index contributed by atoms with van der Waals surface area (Å²) in [7, 11) is 0. The van der Waals surface area contributed by atoms with Crippen LogP contribution < -0.4 is 5.32 Å². The van der Waals surface area contributed by atoms with Crippen molar-refractivity contribution in [3.8, 4) is 11.3 Å². The number of aromatic nitrogens is 1. The van der Waals surface area contributed by atoms with E-state index in [0.717, 1.165) is 34.4 Å². The average Bonchev–Trinajstić information content (AvgIpc) is 2.78. The van der Waals surface area contributed by atoms with Gasteiger partial charge in [-0.05, 0) is 24.6 Å². The first-order valence-corrected chi connectivity index (χ1v) is 6.86. The topological polar surface area (TPSA) is 38.1 Å². The summed E-state index contributed by atoms with van der Waals surface area (Å²) in [5.74, 6) is 1.49. The van der Waals surface area contributed by atoms with Gasteiger partial charge in [-0.15, -0.1) is 0 Å². The van der Waals surface area contributed by atoms with Gasteiger partial charge in [-0.3, -0.25) is 0 Å². The molecule has 0 amide bonds. The van der Waals surface area contributed by atoms with Gasteiger partial charge in [0.1, 0.15) is 0 Å². The molecule has 0 unspecified atom stereocenters. The quantitative estimate of drug-likeness (QED) is 0.911. The fourth-order valence-electron chi connectivity index (χ4n) is 1.72. The van der Waals surface area contributed by atoms with Crippen LogP contribution in [-0.2, 0) is 6.54 Å². The Morgan fingerprint density at radius 3 is 2.67 bits per heavy atom. The van der Waals surface area contributed by atoms with E-state index < -0.39 is 0 Å². The summed E-state index contributed by atoms with van der Waals surface area (Å²) in [4.78, 5) is 0. The summed E-state index contributed by atoms with van der Waals surface area (Å²) >= 11 is 3.43. The largest absolute Gasteiger partial charge is 0.356 e. The molecule has 0 radical (unpaired) electrons. The van der Waals surface area contributed by atoms with Crippen LogP contribution in [0.15, 0.2) is 39.5 Å². The molecule has 0 atom stereocenters. The van der Waals surface area contributed by atoms with Crippen LogP contribution >= 0.6 is 15.9 Å². The highest BCUT2D eigenvalue weighted by atomic mass is 79.9. The van der Waals surface area contributed by atoms with E-state index in [0.29, 0.717) is 5.92 Å². The van der Waals surface area contributed by atoms with Gasteiger partial charge in [0.05, 0.1) is 6.20 Å². The molecule has 0 saturated heterocycles. The van der Waals surface area contributed by atoms with Crippen LogP contribution in [0.1, 0.15) is 19.4 Å². The van der Waals surface area contributed by atoms with E-state index in [1.165, 1.54) is 0 Å². The molecule has 0 saturated carbocycles. The molecule has 1 N–H and O–H groups in total. The predicted molar refractivity (Wildman–Crippen MR) is 76.2 cm³/mol. The first-order chi connectivity index (χ1) is 8.66. The number of halogens is 1. The lowest BCUT2D eigenvalue weighted by molar-refractivity contribution is 0.431. The van der Waals surface area contributed by atoms with Crippen molar-refractivity contribution in [1.82, 2.24) is 10.5 Å². The van der Waals surface area contributed by atoms with Crippen molar-refractivity contribution in [2.75, 3.05) is 6.54 Å². The first kappa shape index (κ1) is 13.3. The minimum atomic E-state index is 0.640. The fourth-order valence-corrected chi connectivity index (χ4v) is 1.99. The average molecular weight is 309 g/mol. The summed E-state index contributed by atoms with van der Waals surface area (Å²) in [6.07, 6.45) is 1.78. The van der Waals surface area contributed by atoms with Crippen molar-refractivity contribution in [3.05, 3.63) is 40.5 Å². The molecule has 0 aliphatic heterocycles. The highest BCUT2D eigenvalue weighted by Gasteiger charge is 2.10. The monoisotopic (exact) mass is 308 g/mol. The van der Waals surface area contributed by atoms with E-state index >= 15 is 0 Å². The lowest BCUT2D eigenvalue weighted by atomic mass is 10.1. The summed E-state index contributed by atoms with van der Waals surface area (Å²) in [5.41, 5.74) is 2.15. The molecule has 1 aromatic heterocycles. The van der Waals surface area contributed by atoms with Gasteiger partial charge < -0.3 is 9.84 Å². The molecule has 4 heteroatoms. The van der Waals surface area contributed by atoms with E-state index in [9.17, 15) is 0 Å². The van der Waals surface area contributed by atoms with Crippen molar-refractivity contribution in [1.29, 1.82) is 0 Å². The highest BCUT2D eigenvalue weighted by Crippen LogP contribution is 2.25. The molecular formula is C14H17BrN2O. The zero-order chi connectivity index (χ0) is 13.0. The van der Waals surface area contributed by atoms with Gasteiger partial charge in [0.25, 0.3) is 0 Å². The SMILES string of the molecule is CC(C)CNCc1cnoc1-c1ccc(Br)cc1. The van der Waals surface area contributed by atoms with Crippen LogP contribution in [0.2, 0.25) is 0 Å². The van der Waals surface area contributed by atoms with E-state index in [1.54, 1.807) is 6.20 Å². The van der Waals surface area contributed by atoms with Crippen LogP contribution in [0.4, 0.5) is 0 Å². The number of hydrogen-bond donors (Lipinski definition) is 1. The molecule has 2 rings (SSSR count). The minimum Gasteiger partial charge on any atom is -0.356 e. The van der Waals surface area contributed by atoms with E-state index in [1.807, 2.05) is 24.3 Å². The van der Waals surface area contributed by atoms with Gasteiger partial charge in [0.2, 0.25) is 0 Å². The lowest BCUT2D eigenvalue weighted by Gasteiger charge is -2.06. The highest BCUT2D eigenvalue weighted by molar-refractivity contribution is 9.10. The summed E-state index contributed by atoms with van der Waals surface area (Å²) in [5, 5.41) is 7.29. The Kier molecular flexibility index (Phi) is 4.55. The standard InChI is InChI=1S/C14H17BrN2O/c1-10(2)7-16-8-12-9-17-18-14(12)11-3-5-13(15)6-4-11/h3-6,9-10,16H,7-8H2,1-2H3. The van der Waals surface area contributed by atoms with Crippen molar-refractivity contribution < 1.29 is 4.52 Å². The molecular weight excluding hydrogens is 292 g/mol. The Morgan fingerprint density at radius 2 is 2.00 bits per heavy atom. The van der Waals surface area contributed by atoms with Crippen LogP contribution in [0.5, 0.6) is 0 Å². The molecule has 96 valence electrons. The molecule has 0 spiro atoms. The maximum absolute atomic E-state index is 5.34. The normalized spacial score (nSPS) is 11.1. The Hall–Kier alpha value is -1.13. The third-order valence-corrected chi connectivity index (χ3v) is 3.15. The van der Waals surface area contributed by atoms with Crippen molar-refractivity contribution >= 4 is 15.9 Å². The molecule has 1 aromatic carbocycles. The maximum atomic E-state index is 5.34. The van der Waals surface area contributed by atoms with Crippen LogP contribution in [0.25, 0.3) is 11.3 Å². The molecule has 0 bridgehead atoms. The number of nitrogens with one attached hydrogen (secondary N) is 1. The van der Waals surface area contributed by atoms with Crippen LogP contribution in [-0.4, -0.2) is 11.7 Å². The zero-order valence-corrected chi connectivity index (χ0v) is 12.2. The van der Waals surface area contributed by atoms with Crippen LogP contribution in [0, 0.1) is 5.92 Å². The Balaban J connectivity index is 2.10. The third-order valence-electron chi connectivity index (χ3n) is 2.62. The summed E-state index contributed by atoms with van der Waals surface area (Å²) in [6.45, 7) is 6.16. The third kappa shape index (κ3) is 3.43. The van der Waals surface area contributed by atoms with Crippen molar-refractivity contribution in [2.24, 2.45) is 5.92 Å². The molecule has 3 nitrogen and oxygen atoms in total. The number of rotatable bonds is 5. The van der Waals surface area contributed by atoms with Crippen LogP contribution in [0.3, 0.4) is 0 Å². The Labute approximate surface area is 116 Å². The smallest absolute Gasteiger partial charge is 0.171 e.